The third-order valence-electron chi connectivity index (χ3n) is 0. The monoisotopic (exact) mass is 244 g/mol. The molecule has 0 aliphatic carbocycles. The molecule has 0 saturated heterocycles. The fraction of sp³-hybridized carbons (Fsp3) is 0. The van der Waals surface area contributed by atoms with Crippen molar-refractivity contribution in [1.82, 2.24) is 0 Å². The Labute approximate surface area is 58.8 Å². The van der Waals surface area contributed by atoms with Gasteiger partial charge in [0.2, 0.25) is 0 Å². The van der Waals surface area contributed by atoms with Gasteiger partial charge >= 0.3 is 41.5 Å². The zero-order valence-electron chi connectivity index (χ0n) is 2.71. The molecule has 0 heterocycles. The van der Waals surface area contributed by atoms with E-state index in [1.54, 1.807) is 0 Å². The van der Waals surface area contributed by atoms with Gasteiger partial charge < -0.3 is 0 Å². The molecule has 0 nitrogen and oxygen atoms in total. The topological polar surface area (TPSA) is 0 Å². The summed E-state index contributed by atoms with van der Waals surface area (Å²) in [4.78, 5) is 0. The zero-order valence-corrected chi connectivity index (χ0v) is 8.74. The van der Waals surface area contributed by atoms with E-state index in [1.165, 1.54) is 10.1 Å². The molecule has 0 aromatic carbocycles. The molecule has 0 fully saturated rings. The van der Waals surface area contributed by atoms with Crippen LogP contribution >= 0.6 is 0 Å². The van der Waals surface area contributed by atoms with Gasteiger partial charge in [0.05, 0.1) is 7.44 Å². The first-order chi connectivity index (χ1) is 1.00. The minimum absolute atomic E-state index is 0. The first-order valence-electron chi connectivity index (χ1n) is 1.00. The van der Waals surface area contributed by atoms with Gasteiger partial charge in [-0.25, -0.2) is 0 Å². The van der Waals surface area contributed by atoms with Gasteiger partial charge in [-0.05, 0) is 10.1 Å². The summed E-state index contributed by atoms with van der Waals surface area (Å²) in [5.41, 5.74) is 0. The van der Waals surface area contributed by atoms with E-state index in [0.717, 1.165) is 0 Å². The van der Waals surface area contributed by atoms with Gasteiger partial charge in [0, 0.05) is 0 Å². The fourth-order valence-electron chi connectivity index (χ4n) is 0. The van der Waals surface area contributed by atoms with E-state index in [0.29, 0.717) is 0 Å². The first kappa shape index (κ1) is 17.5. The summed E-state index contributed by atoms with van der Waals surface area (Å²) in [5, 5.41) is 0. The Balaban J connectivity index is -0.00000000500. The Morgan fingerprint density at radius 1 is 1.25 bits per heavy atom. The van der Waals surface area contributed by atoms with Gasteiger partial charge in [-0.2, -0.15) is 0 Å². The summed E-state index contributed by atoms with van der Waals surface area (Å²) < 4.78 is 0. The van der Waals surface area contributed by atoms with E-state index >= 15 is 0 Å². The number of hydrogen-bond donors (Lipinski definition) is 0. The molecule has 2 radical (unpaired) electrons. The molecule has 0 aliphatic rings. The normalized spacial score (nSPS) is 2.00. The quantitative estimate of drug-likeness (QED) is 0.375. The zero-order chi connectivity index (χ0) is 2.00. The van der Waals surface area contributed by atoms with Gasteiger partial charge in [0.15, 0.2) is 0 Å². The van der Waals surface area contributed by atoms with Crippen LogP contribution in [0.25, 0.3) is 0 Å². The van der Waals surface area contributed by atoms with Crippen molar-refractivity contribution >= 4 is 59.1 Å². The minimum atomic E-state index is 0. The van der Waals surface area contributed by atoms with E-state index in [4.69, 9.17) is 0 Å². The van der Waals surface area contributed by atoms with Gasteiger partial charge in [0.1, 0.15) is 0 Å². The van der Waals surface area contributed by atoms with Crippen LogP contribution in [-0.2, 0) is 0 Å². The Morgan fingerprint density at radius 3 is 1.25 bits per heavy atom. The van der Waals surface area contributed by atoms with Gasteiger partial charge in [-0.15, -0.1) is 0 Å². The predicted octanol–water partition coefficient (Wildman–Crippen LogP) is -4.47. The molecule has 0 bridgehead atoms. The summed E-state index contributed by atoms with van der Waals surface area (Å²) in [6, 6.07) is 0. The van der Waals surface area contributed by atoms with Crippen LogP contribution in [0.5, 0.6) is 0 Å². The molecular weight excluding hydrogens is 230 g/mol. The van der Waals surface area contributed by atoms with Crippen molar-refractivity contribution in [3.63, 3.8) is 0 Å². The van der Waals surface area contributed by atoms with Crippen molar-refractivity contribution in [2.45, 2.75) is 0 Å². The summed E-state index contributed by atoms with van der Waals surface area (Å²) in [7, 11) is 3.44. The van der Waals surface area contributed by atoms with E-state index in [1.807, 2.05) is 0 Å². The van der Waals surface area contributed by atoms with Gasteiger partial charge in [-0.3, -0.25) is 0 Å². The molecule has 0 atom stereocenters. The first-order valence-corrected chi connectivity index (χ1v) is 3.00. The molecule has 0 aromatic rings. The van der Waals surface area contributed by atoms with Crippen molar-refractivity contribution < 1.29 is 0 Å². The summed E-state index contributed by atoms with van der Waals surface area (Å²) >= 11 is 0. The molecule has 26 valence electrons. The van der Waals surface area contributed by atoms with Crippen LogP contribution in [0.3, 0.4) is 0 Å². The van der Waals surface area contributed by atoms with Crippen molar-refractivity contribution in [2.24, 2.45) is 0 Å². The average molecular weight is 241 g/mol. The second-order valence-corrected chi connectivity index (χ2v) is 0. The SMILES string of the molecule is B[SiH3].[GeH4].[SnH2]. The van der Waals surface area contributed by atoms with Crippen LogP contribution in [0.4, 0.5) is 0 Å². The van der Waals surface area contributed by atoms with Crippen molar-refractivity contribution in [1.29, 1.82) is 0 Å². The van der Waals surface area contributed by atoms with Crippen LogP contribution in [0, 0.1) is 0 Å². The van der Waals surface area contributed by atoms with Gasteiger partial charge in [-0.1, -0.05) is 0 Å². The summed E-state index contributed by atoms with van der Waals surface area (Å²) in [6.45, 7) is 0. The second-order valence-electron chi connectivity index (χ2n) is 0. The molecule has 0 saturated carbocycles. The Bertz CT molecular complexity index is 8.00. The summed E-state index contributed by atoms with van der Waals surface area (Å²) in [6.07, 6.45) is 0. The van der Waals surface area contributed by atoms with E-state index in [9.17, 15) is 0 Å². The van der Waals surface area contributed by atoms with Crippen LogP contribution in [0.1, 0.15) is 0 Å². The van der Waals surface area contributed by atoms with Crippen LogP contribution in [0.2, 0.25) is 0 Å². The Kier molecular flexibility index (Phi) is 101. The fourth-order valence-corrected chi connectivity index (χ4v) is 0. The summed E-state index contributed by atoms with van der Waals surface area (Å²) in [5.74, 6) is 0. The third-order valence-corrected chi connectivity index (χ3v) is 0. The molecule has 0 aliphatic heterocycles. The predicted molar refractivity (Wildman–Crippen MR) is 38.4 cm³/mol. The molecule has 0 unspecified atom stereocenters. The third kappa shape index (κ3) is 9.46. The molecule has 0 amide bonds. The molecule has 0 N–H and O–H groups in total. The van der Waals surface area contributed by atoms with Crippen molar-refractivity contribution in [3.8, 4) is 0 Å². The van der Waals surface area contributed by atoms with Crippen LogP contribution in [-0.4, -0.2) is 59.1 Å². The molecule has 0 aromatic heterocycles. The molecule has 0 rings (SSSR count). The average Bonchev–Trinajstić information content (AvgIpc) is 1.00. The molecular formula is H11BGeSiSn. The second kappa shape index (κ2) is 23.0. The van der Waals surface area contributed by atoms with Crippen molar-refractivity contribution in [3.05, 3.63) is 0 Å². The maximum atomic E-state index is 2.14. The van der Waals surface area contributed by atoms with Crippen molar-refractivity contribution in [2.75, 3.05) is 0 Å². The number of hydrogen-bond acceptors (Lipinski definition) is 0. The van der Waals surface area contributed by atoms with Crippen LogP contribution in [0.15, 0.2) is 0 Å². The van der Waals surface area contributed by atoms with E-state index < -0.39 is 0 Å². The Morgan fingerprint density at radius 2 is 1.25 bits per heavy atom. The van der Waals surface area contributed by atoms with E-state index in [-0.39, 0.29) is 41.5 Å². The molecule has 4 heavy (non-hydrogen) atoms. The van der Waals surface area contributed by atoms with Gasteiger partial charge in [0.25, 0.3) is 0 Å². The van der Waals surface area contributed by atoms with E-state index in [2.05, 4.69) is 7.44 Å². The maximum absolute atomic E-state index is 2.14. The molecule has 4 heteroatoms. The number of rotatable bonds is 0. The standard InChI is InChI=1S/BH5Si.GeH4.Sn.2H/c1-2;;;;/h1H2,2H3;1H4;;;. The van der Waals surface area contributed by atoms with Crippen LogP contribution < -0.4 is 0 Å². The Hall–Kier alpha value is 1.62. The molecule has 0 spiro atoms.